The van der Waals surface area contributed by atoms with Crippen LogP contribution < -0.4 is 5.73 Å². The van der Waals surface area contributed by atoms with E-state index in [-0.39, 0.29) is 41.9 Å². The average Bonchev–Trinajstić information content (AvgIpc) is 2.90. The van der Waals surface area contributed by atoms with Gasteiger partial charge in [-0.1, -0.05) is 30.3 Å². The van der Waals surface area contributed by atoms with E-state index >= 15 is 0 Å². The smallest absolute Gasteiger partial charge is 0.255 e. The first-order chi connectivity index (χ1) is 20.2. The van der Waals surface area contributed by atoms with Crippen LogP contribution in [-0.4, -0.2) is 99.9 Å². The van der Waals surface area contributed by atoms with Crippen LogP contribution in [0.15, 0.2) is 53.3 Å². The number of primary amides is 1. The second-order valence-corrected chi connectivity index (χ2v) is 12.1. The van der Waals surface area contributed by atoms with Gasteiger partial charge in [-0.15, -0.1) is 0 Å². The fraction of sp³-hybridized carbons (Fsp3) is 0.375. The summed E-state index contributed by atoms with van der Waals surface area (Å²) in [6.45, 7) is 0.328. The number of phenols is 1. The molecule has 6 N–H and O–H groups in total. The number of carbonyl (C=O) groups excluding carboxylic acids is 4. The van der Waals surface area contributed by atoms with Crippen molar-refractivity contribution in [3.05, 3.63) is 70.0 Å². The lowest BCUT2D eigenvalue weighted by Crippen LogP contribution is -2.65. The molecule has 0 radical (unpaired) electrons. The lowest BCUT2D eigenvalue weighted by Gasteiger charge is -2.50. The molecule has 0 spiro atoms. The van der Waals surface area contributed by atoms with E-state index in [1.54, 1.807) is 20.2 Å². The maximum atomic E-state index is 14.0. The molecule has 1 saturated carbocycles. The molecular weight excluding hydrogens is 554 g/mol. The van der Waals surface area contributed by atoms with Gasteiger partial charge in [0.05, 0.1) is 18.2 Å². The number of Topliss-reactive ketones (excluding diaryl/α,β-unsaturated/α-hetero) is 3. The molecule has 0 bridgehead atoms. The Hall–Kier alpha value is -4.32. The highest BCUT2D eigenvalue weighted by molar-refractivity contribution is 6.24. The predicted octanol–water partition coefficient (Wildman–Crippen LogP) is 1.30. The number of aliphatic hydroxyl groups excluding tert-OH is 2. The predicted molar refractivity (Wildman–Crippen MR) is 157 cm³/mol. The zero-order valence-electron chi connectivity index (χ0n) is 24.4. The first kappa shape index (κ1) is 30.1. The van der Waals surface area contributed by atoms with Gasteiger partial charge >= 0.3 is 0 Å². The van der Waals surface area contributed by atoms with E-state index < -0.39 is 58.0 Å². The highest BCUT2D eigenvalue weighted by Gasteiger charge is 2.64. The summed E-state index contributed by atoms with van der Waals surface area (Å²) in [6.07, 6.45) is 0.465. The molecule has 2 aromatic rings. The first-order valence-electron chi connectivity index (χ1n) is 13.9. The van der Waals surface area contributed by atoms with Crippen LogP contribution in [0.5, 0.6) is 5.75 Å². The number of rotatable bonds is 7. The summed E-state index contributed by atoms with van der Waals surface area (Å²) in [6, 6.07) is 9.34. The second-order valence-electron chi connectivity index (χ2n) is 12.1. The second kappa shape index (κ2) is 10.7. The van der Waals surface area contributed by atoms with Gasteiger partial charge in [-0.3, -0.25) is 24.1 Å². The maximum Gasteiger partial charge on any atom is 0.255 e. The molecule has 11 heteroatoms. The highest BCUT2D eigenvalue weighted by Crippen LogP contribution is 2.53. The van der Waals surface area contributed by atoms with Crippen molar-refractivity contribution in [2.75, 3.05) is 34.7 Å². The fourth-order valence-electron chi connectivity index (χ4n) is 6.95. The standard InChI is InChI=1S/C32H35N3O8/c1-34(2)14-18(36)11-15-5-7-16(8-6-15)19-9-10-22(37)24-20(19)12-17-13-21-26(35(3)4)28(39)25(31(33)42)30(41)32(21,43)29(40)23(17)27(24)38/h5-10,17,21,26,37-38,41,43H,11-14H2,1-4H3,(H2,33,42)/t17-,21-,26?,32-/m0/s1. The minimum Gasteiger partial charge on any atom is -0.508 e. The Labute approximate surface area is 248 Å². The van der Waals surface area contributed by atoms with Crippen LogP contribution in [-0.2, 0) is 32.0 Å². The van der Waals surface area contributed by atoms with Crippen LogP contribution in [0.25, 0.3) is 16.9 Å². The molecule has 1 unspecified atom stereocenters. The lowest BCUT2D eigenvalue weighted by molar-refractivity contribution is -0.153. The number of phenolic OH excluding ortho intramolecular Hbond substituents is 1. The number of hydrogen-bond donors (Lipinski definition) is 5. The molecule has 43 heavy (non-hydrogen) atoms. The van der Waals surface area contributed by atoms with Gasteiger partial charge in [0.1, 0.15) is 22.8 Å². The molecule has 226 valence electrons. The number of likely N-dealkylation sites (N-methyl/N-ethyl adjacent to an activating group) is 2. The fourth-order valence-corrected chi connectivity index (χ4v) is 6.95. The number of nitrogens with two attached hydrogens (primary N) is 1. The normalized spacial score (nSPS) is 25.1. The number of fused-ring (bicyclic) bond motifs is 3. The van der Waals surface area contributed by atoms with Crippen molar-refractivity contribution >= 4 is 29.0 Å². The van der Waals surface area contributed by atoms with Crippen LogP contribution in [0.3, 0.4) is 0 Å². The van der Waals surface area contributed by atoms with E-state index in [1.807, 2.05) is 43.3 Å². The molecule has 3 aliphatic rings. The van der Waals surface area contributed by atoms with E-state index in [1.165, 1.54) is 11.0 Å². The van der Waals surface area contributed by atoms with Crippen LogP contribution in [0, 0.1) is 11.8 Å². The summed E-state index contributed by atoms with van der Waals surface area (Å²) in [5.74, 6) is -6.82. The van der Waals surface area contributed by atoms with Gasteiger partial charge < -0.3 is 31.1 Å². The van der Waals surface area contributed by atoms with Crippen LogP contribution >= 0.6 is 0 Å². The van der Waals surface area contributed by atoms with Crippen molar-refractivity contribution in [1.29, 1.82) is 0 Å². The molecule has 1 amide bonds. The van der Waals surface area contributed by atoms with Crippen molar-refractivity contribution in [3.8, 4) is 16.9 Å². The van der Waals surface area contributed by atoms with Gasteiger partial charge in [-0.2, -0.15) is 0 Å². The molecule has 3 aliphatic carbocycles. The van der Waals surface area contributed by atoms with Crippen molar-refractivity contribution in [2.45, 2.75) is 30.9 Å². The molecule has 1 fully saturated rings. The van der Waals surface area contributed by atoms with Crippen LogP contribution in [0.2, 0.25) is 0 Å². The van der Waals surface area contributed by atoms with E-state index in [0.717, 1.165) is 11.1 Å². The van der Waals surface area contributed by atoms with Crippen molar-refractivity contribution in [1.82, 2.24) is 9.80 Å². The summed E-state index contributed by atoms with van der Waals surface area (Å²) in [5.41, 5.74) is 4.54. The Morgan fingerprint density at radius 3 is 2.23 bits per heavy atom. The molecule has 11 nitrogen and oxygen atoms in total. The van der Waals surface area contributed by atoms with E-state index in [9.17, 15) is 39.6 Å². The van der Waals surface area contributed by atoms with Crippen molar-refractivity contribution in [2.24, 2.45) is 17.6 Å². The Morgan fingerprint density at radius 1 is 1.00 bits per heavy atom. The van der Waals surface area contributed by atoms with Gasteiger partial charge in [0.15, 0.2) is 17.2 Å². The van der Waals surface area contributed by atoms with Gasteiger partial charge in [0.25, 0.3) is 5.91 Å². The number of nitrogens with zero attached hydrogens (tertiary/aromatic N) is 2. The number of hydrogen-bond acceptors (Lipinski definition) is 10. The third kappa shape index (κ3) is 4.73. The molecule has 0 aromatic heterocycles. The van der Waals surface area contributed by atoms with E-state index in [0.29, 0.717) is 17.7 Å². The molecule has 0 saturated heterocycles. The largest absolute Gasteiger partial charge is 0.508 e. The van der Waals surface area contributed by atoms with Crippen LogP contribution in [0.4, 0.5) is 0 Å². The number of benzene rings is 2. The highest BCUT2D eigenvalue weighted by atomic mass is 16.3. The molecular formula is C32H35N3O8. The number of aromatic hydroxyl groups is 1. The Morgan fingerprint density at radius 2 is 1.65 bits per heavy atom. The zero-order valence-corrected chi connectivity index (χ0v) is 24.4. The van der Waals surface area contributed by atoms with Crippen LogP contribution in [0.1, 0.15) is 23.1 Å². The van der Waals surface area contributed by atoms with E-state index in [4.69, 9.17) is 5.73 Å². The lowest BCUT2D eigenvalue weighted by atomic mass is 9.57. The molecule has 4 atom stereocenters. The molecule has 5 rings (SSSR count). The van der Waals surface area contributed by atoms with Gasteiger partial charge in [0, 0.05) is 17.9 Å². The minimum absolute atomic E-state index is 0.00772. The van der Waals surface area contributed by atoms with Gasteiger partial charge in [0.2, 0.25) is 5.78 Å². The summed E-state index contributed by atoms with van der Waals surface area (Å²) >= 11 is 0. The third-order valence-corrected chi connectivity index (χ3v) is 8.76. The summed E-state index contributed by atoms with van der Waals surface area (Å²) in [4.78, 5) is 55.0. The Bertz CT molecular complexity index is 1620. The number of aliphatic hydroxyl groups is 3. The van der Waals surface area contributed by atoms with Crippen molar-refractivity contribution in [3.63, 3.8) is 0 Å². The zero-order chi connectivity index (χ0) is 31.5. The summed E-state index contributed by atoms with van der Waals surface area (Å²) in [7, 11) is 6.77. The van der Waals surface area contributed by atoms with Crippen molar-refractivity contribution < 1.29 is 39.6 Å². The Balaban J connectivity index is 1.60. The van der Waals surface area contributed by atoms with Gasteiger partial charge in [-0.05, 0) is 75.3 Å². The summed E-state index contributed by atoms with van der Waals surface area (Å²) in [5, 5.41) is 45.0. The number of carbonyl (C=O) groups is 4. The summed E-state index contributed by atoms with van der Waals surface area (Å²) < 4.78 is 0. The molecule has 0 heterocycles. The topological polar surface area (TPSA) is 182 Å². The number of amides is 1. The number of ketones is 3. The monoisotopic (exact) mass is 589 g/mol. The maximum absolute atomic E-state index is 14.0. The third-order valence-electron chi connectivity index (χ3n) is 8.76. The minimum atomic E-state index is -2.68. The molecule has 0 aliphatic heterocycles. The van der Waals surface area contributed by atoms with Gasteiger partial charge in [-0.25, -0.2) is 0 Å². The molecule has 2 aromatic carbocycles. The average molecular weight is 590 g/mol. The first-order valence-corrected chi connectivity index (χ1v) is 13.9. The van der Waals surface area contributed by atoms with E-state index in [2.05, 4.69) is 0 Å². The SMILES string of the molecule is CN(C)CC(=O)Cc1ccc(-c2ccc(O)c3c2C[C@H]2C[C@H]4C(N(C)C)C(=O)C(C(N)=O)=C(O)[C@@]4(O)C(=O)C2=C3O)cc1. The quantitative estimate of drug-likeness (QED) is 0.295. The Kier molecular flexibility index (Phi) is 7.54.